The SMILES string of the molecule is NC(Cc1cnc[nH]1)C(=O)NC(CC(=O)O)C(=O)N1CCCC1C(=O)N1CCCC1C(=O)O. The second-order valence-corrected chi connectivity index (χ2v) is 8.26. The van der Waals surface area contributed by atoms with E-state index in [1.807, 2.05) is 0 Å². The van der Waals surface area contributed by atoms with Crippen LogP contribution in [0.1, 0.15) is 37.8 Å². The van der Waals surface area contributed by atoms with Gasteiger partial charge in [-0.25, -0.2) is 9.78 Å². The lowest BCUT2D eigenvalue weighted by Gasteiger charge is -2.32. The van der Waals surface area contributed by atoms with Crippen LogP contribution in [0.25, 0.3) is 0 Å². The normalized spacial score (nSPS) is 22.1. The van der Waals surface area contributed by atoms with Crippen LogP contribution in [0.5, 0.6) is 0 Å². The molecule has 33 heavy (non-hydrogen) atoms. The minimum absolute atomic E-state index is 0.107. The number of carboxylic acid groups (broad SMARTS) is 2. The van der Waals surface area contributed by atoms with Gasteiger partial charge in [-0.15, -0.1) is 0 Å². The van der Waals surface area contributed by atoms with Crippen molar-refractivity contribution in [1.29, 1.82) is 0 Å². The molecule has 2 saturated heterocycles. The lowest BCUT2D eigenvalue weighted by Crippen LogP contribution is -2.57. The molecule has 13 nitrogen and oxygen atoms in total. The number of aromatic amines is 1. The van der Waals surface area contributed by atoms with Crippen molar-refractivity contribution in [3.05, 3.63) is 18.2 Å². The van der Waals surface area contributed by atoms with Crippen LogP contribution in [0, 0.1) is 0 Å². The molecular formula is C20H28N6O7. The molecular weight excluding hydrogens is 436 g/mol. The Morgan fingerprint density at radius 1 is 1.12 bits per heavy atom. The molecule has 1 aromatic rings. The molecule has 4 atom stereocenters. The molecule has 4 unspecified atom stereocenters. The van der Waals surface area contributed by atoms with Crippen LogP contribution < -0.4 is 11.1 Å². The maximum Gasteiger partial charge on any atom is 0.326 e. The van der Waals surface area contributed by atoms with E-state index in [4.69, 9.17) is 5.73 Å². The second-order valence-electron chi connectivity index (χ2n) is 8.26. The van der Waals surface area contributed by atoms with Gasteiger partial charge in [-0.3, -0.25) is 19.2 Å². The highest BCUT2D eigenvalue weighted by molar-refractivity contribution is 5.96. The summed E-state index contributed by atoms with van der Waals surface area (Å²) in [5.74, 6) is -4.29. The summed E-state index contributed by atoms with van der Waals surface area (Å²) >= 11 is 0. The molecule has 2 aliphatic rings. The van der Waals surface area contributed by atoms with E-state index in [9.17, 15) is 34.2 Å². The van der Waals surface area contributed by atoms with Crippen molar-refractivity contribution in [2.75, 3.05) is 13.1 Å². The highest BCUT2D eigenvalue weighted by atomic mass is 16.4. The summed E-state index contributed by atoms with van der Waals surface area (Å²) in [5, 5.41) is 21.1. The topological polar surface area (TPSA) is 199 Å². The fourth-order valence-corrected chi connectivity index (χ4v) is 4.35. The first-order valence-electron chi connectivity index (χ1n) is 10.8. The van der Waals surface area contributed by atoms with Gasteiger partial charge in [0.2, 0.25) is 17.7 Å². The second kappa shape index (κ2) is 10.4. The van der Waals surface area contributed by atoms with Gasteiger partial charge >= 0.3 is 11.9 Å². The van der Waals surface area contributed by atoms with Crippen molar-refractivity contribution >= 4 is 29.7 Å². The predicted molar refractivity (Wildman–Crippen MR) is 112 cm³/mol. The van der Waals surface area contributed by atoms with E-state index in [0.29, 0.717) is 31.4 Å². The lowest BCUT2D eigenvalue weighted by atomic mass is 10.1. The van der Waals surface area contributed by atoms with Crippen molar-refractivity contribution in [2.24, 2.45) is 5.73 Å². The predicted octanol–water partition coefficient (Wildman–Crippen LogP) is -1.69. The summed E-state index contributed by atoms with van der Waals surface area (Å²) in [4.78, 5) is 70.8. The third-order valence-electron chi connectivity index (χ3n) is 5.97. The first-order valence-corrected chi connectivity index (χ1v) is 10.8. The Morgan fingerprint density at radius 2 is 1.79 bits per heavy atom. The summed E-state index contributed by atoms with van der Waals surface area (Å²) in [5.41, 5.74) is 6.49. The standard InChI is InChI=1S/C20H28N6O7/c21-12(7-11-9-22-10-23-11)17(29)24-13(8-16(27)28)18(30)25-5-1-3-14(25)19(31)26-6-2-4-15(26)20(32)33/h9-10,12-15H,1-8,21H2,(H,22,23)(H,24,29)(H,27,28)(H,32,33). The molecule has 6 N–H and O–H groups in total. The molecule has 3 amide bonds. The number of H-pyrrole nitrogens is 1. The van der Waals surface area contributed by atoms with Crippen molar-refractivity contribution in [3.63, 3.8) is 0 Å². The van der Waals surface area contributed by atoms with Gasteiger partial charge in [0.25, 0.3) is 0 Å². The molecule has 0 spiro atoms. The minimum Gasteiger partial charge on any atom is -0.481 e. The molecule has 180 valence electrons. The number of imidazole rings is 1. The first-order chi connectivity index (χ1) is 15.7. The molecule has 1 aromatic heterocycles. The maximum absolute atomic E-state index is 13.2. The van der Waals surface area contributed by atoms with Crippen LogP contribution in [-0.4, -0.2) is 96.9 Å². The molecule has 3 heterocycles. The largest absolute Gasteiger partial charge is 0.481 e. The van der Waals surface area contributed by atoms with Gasteiger partial charge in [-0.05, 0) is 25.7 Å². The number of hydrogen-bond donors (Lipinski definition) is 5. The monoisotopic (exact) mass is 464 g/mol. The van der Waals surface area contributed by atoms with E-state index < -0.39 is 60.2 Å². The van der Waals surface area contributed by atoms with Crippen LogP contribution in [0.2, 0.25) is 0 Å². The number of carbonyl (C=O) groups is 5. The highest BCUT2D eigenvalue weighted by Gasteiger charge is 2.43. The Labute approximate surface area is 189 Å². The summed E-state index contributed by atoms with van der Waals surface area (Å²) in [6, 6.07) is -4.30. The van der Waals surface area contributed by atoms with Gasteiger partial charge < -0.3 is 36.0 Å². The van der Waals surface area contributed by atoms with E-state index in [1.165, 1.54) is 22.3 Å². The van der Waals surface area contributed by atoms with Crippen molar-refractivity contribution in [1.82, 2.24) is 25.1 Å². The number of carboxylic acids is 2. The number of nitrogens with one attached hydrogen (secondary N) is 2. The Balaban J connectivity index is 1.70. The molecule has 3 rings (SSSR count). The number of aliphatic carboxylic acids is 2. The number of aromatic nitrogens is 2. The fourth-order valence-electron chi connectivity index (χ4n) is 4.35. The van der Waals surface area contributed by atoms with Gasteiger partial charge in [0, 0.05) is 31.4 Å². The number of likely N-dealkylation sites (tertiary alicyclic amines) is 2. The molecule has 0 aromatic carbocycles. The van der Waals surface area contributed by atoms with Crippen molar-refractivity contribution in [3.8, 4) is 0 Å². The quantitative estimate of drug-likeness (QED) is 0.283. The van der Waals surface area contributed by atoms with E-state index in [1.54, 1.807) is 0 Å². The molecule has 13 heteroatoms. The van der Waals surface area contributed by atoms with E-state index in [0.717, 1.165) is 0 Å². The first kappa shape index (κ1) is 24.2. The number of nitrogens with zero attached hydrogens (tertiary/aromatic N) is 3. The molecule has 0 aliphatic carbocycles. The Bertz CT molecular complexity index is 905. The number of carbonyl (C=O) groups excluding carboxylic acids is 3. The zero-order valence-corrected chi connectivity index (χ0v) is 18.0. The van der Waals surface area contributed by atoms with Crippen LogP contribution in [0.4, 0.5) is 0 Å². The van der Waals surface area contributed by atoms with Gasteiger partial charge in [0.1, 0.15) is 18.1 Å². The summed E-state index contributed by atoms with van der Waals surface area (Å²) in [7, 11) is 0. The Morgan fingerprint density at radius 3 is 2.39 bits per heavy atom. The third-order valence-corrected chi connectivity index (χ3v) is 5.97. The number of hydrogen-bond acceptors (Lipinski definition) is 7. The van der Waals surface area contributed by atoms with E-state index >= 15 is 0 Å². The molecule has 2 fully saturated rings. The average molecular weight is 464 g/mol. The maximum atomic E-state index is 13.2. The smallest absolute Gasteiger partial charge is 0.326 e. The van der Waals surface area contributed by atoms with Crippen molar-refractivity contribution < 1.29 is 34.2 Å². The molecule has 0 saturated carbocycles. The van der Waals surface area contributed by atoms with Gasteiger partial charge in [-0.1, -0.05) is 0 Å². The number of amides is 3. The van der Waals surface area contributed by atoms with Gasteiger partial charge in [0.05, 0.1) is 18.8 Å². The van der Waals surface area contributed by atoms with E-state index in [-0.39, 0.29) is 19.5 Å². The van der Waals surface area contributed by atoms with Crippen LogP contribution in [0.15, 0.2) is 12.5 Å². The summed E-state index contributed by atoms with van der Waals surface area (Å²) in [6.07, 6.45) is 4.08. The zero-order valence-electron chi connectivity index (χ0n) is 18.0. The number of nitrogens with two attached hydrogens (primary N) is 1. The third kappa shape index (κ3) is 5.66. The minimum atomic E-state index is -1.41. The fraction of sp³-hybridized carbons (Fsp3) is 0.600. The molecule has 2 aliphatic heterocycles. The summed E-state index contributed by atoms with van der Waals surface area (Å²) in [6.45, 7) is 0.485. The summed E-state index contributed by atoms with van der Waals surface area (Å²) < 4.78 is 0. The van der Waals surface area contributed by atoms with Crippen LogP contribution in [-0.2, 0) is 30.4 Å². The zero-order chi connectivity index (χ0) is 24.1. The molecule has 0 radical (unpaired) electrons. The van der Waals surface area contributed by atoms with Crippen LogP contribution >= 0.6 is 0 Å². The van der Waals surface area contributed by atoms with E-state index in [2.05, 4.69) is 15.3 Å². The van der Waals surface area contributed by atoms with Crippen LogP contribution in [0.3, 0.4) is 0 Å². The van der Waals surface area contributed by atoms with Gasteiger partial charge in [0.15, 0.2) is 0 Å². The number of rotatable bonds is 9. The average Bonchev–Trinajstić information content (AvgIpc) is 3.53. The molecule has 0 bridgehead atoms. The van der Waals surface area contributed by atoms with Crippen molar-refractivity contribution in [2.45, 2.75) is 62.7 Å². The Hall–Kier alpha value is -3.48. The highest BCUT2D eigenvalue weighted by Crippen LogP contribution is 2.25. The Kier molecular flexibility index (Phi) is 7.63. The van der Waals surface area contributed by atoms with Gasteiger partial charge in [-0.2, -0.15) is 0 Å². The lowest BCUT2D eigenvalue weighted by molar-refractivity contribution is -0.153.